The summed E-state index contributed by atoms with van der Waals surface area (Å²) in [5.74, 6) is 0.263. The zero-order valence-electron chi connectivity index (χ0n) is 10.5. The molecule has 4 nitrogen and oxygen atoms in total. The van der Waals surface area contributed by atoms with Gasteiger partial charge in [0.2, 0.25) is 0 Å². The minimum absolute atomic E-state index is 0.263. The number of rotatable bonds is 7. The van der Waals surface area contributed by atoms with Gasteiger partial charge in [-0.05, 0) is 19.9 Å². The molecule has 1 heterocycles. The zero-order chi connectivity index (χ0) is 11.8. The molecular formula is C12H24N2O2. The Bertz CT molecular complexity index is 201. The van der Waals surface area contributed by atoms with Crippen molar-refractivity contribution in [2.75, 3.05) is 39.8 Å². The van der Waals surface area contributed by atoms with E-state index < -0.39 is 0 Å². The van der Waals surface area contributed by atoms with Crippen LogP contribution in [-0.2, 0) is 9.53 Å². The highest BCUT2D eigenvalue weighted by Crippen LogP contribution is 2.11. The van der Waals surface area contributed by atoms with Crippen LogP contribution in [0.1, 0.15) is 26.2 Å². The molecule has 4 heteroatoms. The predicted molar refractivity (Wildman–Crippen MR) is 64.6 cm³/mol. The average molecular weight is 228 g/mol. The maximum atomic E-state index is 11.0. The van der Waals surface area contributed by atoms with Crippen molar-refractivity contribution >= 4 is 5.78 Å². The molecule has 0 aromatic heterocycles. The van der Waals surface area contributed by atoms with Crippen molar-refractivity contribution in [3.05, 3.63) is 0 Å². The van der Waals surface area contributed by atoms with E-state index in [1.807, 2.05) is 6.92 Å². The summed E-state index contributed by atoms with van der Waals surface area (Å²) in [5.41, 5.74) is 0. The Kier molecular flexibility index (Phi) is 6.61. The summed E-state index contributed by atoms with van der Waals surface area (Å²) in [4.78, 5) is 13.3. The summed E-state index contributed by atoms with van der Waals surface area (Å²) in [6.07, 6.45) is 3.29. The van der Waals surface area contributed by atoms with Crippen LogP contribution in [0, 0.1) is 0 Å². The van der Waals surface area contributed by atoms with E-state index in [0.29, 0.717) is 25.7 Å². The maximum Gasteiger partial charge on any atom is 0.146 e. The van der Waals surface area contributed by atoms with Crippen molar-refractivity contribution in [2.45, 2.75) is 32.3 Å². The standard InChI is InChI=1S/C12H24N2O2/c1-3-11(15)10-13-6-9-16-12-4-7-14(2)8-5-12/h12-13H,3-10H2,1-2H3. The van der Waals surface area contributed by atoms with Crippen molar-refractivity contribution in [3.63, 3.8) is 0 Å². The molecule has 1 aliphatic rings. The lowest BCUT2D eigenvalue weighted by Gasteiger charge is -2.28. The third-order valence-corrected chi connectivity index (χ3v) is 3.01. The second-order valence-electron chi connectivity index (χ2n) is 4.44. The number of hydrogen-bond acceptors (Lipinski definition) is 4. The van der Waals surface area contributed by atoms with Crippen molar-refractivity contribution in [1.82, 2.24) is 10.2 Å². The number of piperidine rings is 1. The molecule has 16 heavy (non-hydrogen) atoms. The number of carbonyl (C=O) groups is 1. The van der Waals surface area contributed by atoms with Crippen molar-refractivity contribution in [2.24, 2.45) is 0 Å². The van der Waals surface area contributed by atoms with Gasteiger partial charge in [-0.25, -0.2) is 0 Å². The Hall–Kier alpha value is -0.450. The van der Waals surface area contributed by atoms with Crippen LogP contribution in [-0.4, -0.2) is 56.6 Å². The molecule has 94 valence electrons. The van der Waals surface area contributed by atoms with Crippen LogP contribution in [0.3, 0.4) is 0 Å². The van der Waals surface area contributed by atoms with Gasteiger partial charge in [0.05, 0.1) is 19.3 Å². The second-order valence-corrected chi connectivity index (χ2v) is 4.44. The van der Waals surface area contributed by atoms with Crippen LogP contribution in [0.2, 0.25) is 0 Å². The van der Waals surface area contributed by atoms with Crippen LogP contribution in [0.15, 0.2) is 0 Å². The molecule has 0 bridgehead atoms. The Labute approximate surface area is 98.3 Å². The van der Waals surface area contributed by atoms with E-state index in [0.717, 1.165) is 32.5 Å². The highest BCUT2D eigenvalue weighted by molar-refractivity contribution is 5.80. The first-order chi connectivity index (χ1) is 7.72. The molecule has 0 atom stereocenters. The van der Waals surface area contributed by atoms with Gasteiger partial charge in [-0.3, -0.25) is 4.79 Å². The number of likely N-dealkylation sites (tertiary alicyclic amines) is 1. The van der Waals surface area contributed by atoms with Gasteiger partial charge in [0, 0.05) is 26.1 Å². The molecular weight excluding hydrogens is 204 g/mol. The third-order valence-electron chi connectivity index (χ3n) is 3.01. The Morgan fingerprint density at radius 3 is 2.75 bits per heavy atom. The molecule has 0 spiro atoms. The number of hydrogen-bond donors (Lipinski definition) is 1. The molecule has 0 saturated carbocycles. The number of Topliss-reactive ketones (excluding diaryl/α,β-unsaturated/α-hetero) is 1. The minimum atomic E-state index is 0.263. The normalized spacial score (nSPS) is 18.9. The van der Waals surface area contributed by atoms with Crippen molar-refractivity contribution < 1.29 is 9.53 Å². The fourth-order valence-corrected chi connectivity index (χ4v) is 1.80. The molecule has 0 unspecified atom stereocenters. The molecule has 0 radical (unpaired) electrons. The average Bonchev–Trinajstić information content (AvgIpc) is 2.31. The molecule has 1 saturated heterocycles. The van der Waals surface area contributed by atoms with E-state index in [9.17, 15) is 4.79 Å². The van der Waals surface area contributed by atoms with Crippen LogP contribution >= 0.6 is 0 Å². The van der Waals surface area contributed by atoms with Crippen LogP contribution in [0.25, 0.3) is 0 Å². The van der Waals surface area contributed by atoms with E-state index in [1.165, 1.54) is 0 Å². The lowest BCUT2D eigenvalue weighted by Crippen LogP contribution is -2.35. The highest BCUT2D eigenvalue weighted by atomic mass is 16.5. The van der Waals surface area contributed by atoms with Crippen LogP contribution in [0.5, 0.6) is 0 Å². The fourth-order valence-electron chi connectivity index (χ4n) is 1.80. The molecule has 1 rings (SSSR count). The summed E-state index contributed by atoms with van der Waals surface area (Å²) >= 11 is 0. The Balaban J connectivity index is 1.93. The molecule has 0 aromatic carbocycles. The first kappa shape index (κ1) is 13.6. The van der Waals surface area contributed by atoms with Crippen molar-refractivity contribution in [1.29, 1.82) is 0 Å². The quantitative estimate of drug-likeness (QED) is 0.650. The predicted octanol–water partition coefficient (Wildman–Crippen LogP) is 0.666. The summed E-state index contributed by atoms with van der Waals surface area (Å²) in [6, 6.07) is 0. The number of carbonyl (C=O) groups excluding carboxylic acids is 1. The molecule has 1 N–H and O–H groups in total. The third kappa shape index (κ3) is 5.58. The fraction of sp³-hybridized carbons (Fsp3) is 0.917. The summed E-state index contributed by atoms with van der Waals surface area (Å²) in [5, 5.41) is 3.10. The van der Waals surface area contributed by atoms with Gasteiger partial charge in [0.25, 0.3) is 0 Å². The summed E-state index contributed by atoms with van der Waals surface area (Å²) in [6.45, 7) is 6.12. The lowest BCUT2D eigenvalue weighted by molar-refractivity contribution is -0.118. The van der Waals surface area contributed by atoms with E-state index in [1.54, 1.807) is 0 Å². The smallest absolute Gasteiger partial charge is 0.146 e. The van der Waals surface area contributed by atoms with Gasteiger partial charge in [-0.15, -0.1) is 0 Å². The van der Waals surface area contributed by atoms with Gasteiger partial charge in [0.15, 0.2) is 0 Å². The highest BCUT2D eigenvalue weighted by Gasteiger charge is 2.16. The molecule has 0 aliphatic carbocycles. The largest absolute Gasteiger partial charge is 0.377 e. The minimum Gasteiger partial charge on any atom is -0.377 e. The topological polar surface area (TPSA) is 41.6 Å². The SMILES string of the molecule is CCC(=O)CNCCOC1CCN(C)CC1. The first-order valence-electron chi connectivity index (χ1n) is 6.25. The van der Waals surface area contributed by atoms with Crippen molar-refractivity contribution in [3.8, 4) is 0 Å². The van der Waals surface area contributed by atoms with Gasteiger partial charge in [-0.1, -0.05) is 6.92 Å². The molecule has 1 fully saturated rings. The van der Waals surface area contributed by atoms with Crippen LogP contribution < -0.4 is 5.32 Å². The number of nitrogens with one attached hydrogen (secondary N) is 1. The number of ketones is 1. The number of nitrogens with zero attached hydrogens (tertiary/aromatic N) is 1. The molecule has 0 aromatic rings. The van der Waals surface area contributed by atoms with Gasteiger partial charge >= 0.3 is 0 Å². The first-order valence-corrected chi connectivity index (χ1v) is 6.25. The Morgan fingerprint density at radius 2 is 2.12 bits per heavy atom. The monoisotopic (exact) mass is 228 g/mol. The van der Waals surface area contributed by atoms with E-state index in [2.05, 4.69) is 17.3 Å². The lowest BCUT2D eigenvalue weighted by atomic mass is 10.1. The zero-order valence-corrected chi connectivity index (χ0v) is 10.5. The van der Waals surface area contributed by atoms with E-state index >= 15 is 0 Å². The van der Waals surface area contributed by atoms with Crippen LogP contribution in [0.4, 0.5) is 0 Å². The molecule has 0 amide bonds. The Morgan fingerprint density at radius 1 is 1.44 bits per heavy atom. The maximum absolute atomic E-state index is 11.0. The molecule has 1 aliphatic heterocycles. The second kappa shape index (κ2) is 7.76. The number of ether oxygens (including phenoxy) is 1. The van der Waals surface area contributed by atoms with Gasteiger partial charge in [0.1, 0.15) is 5.78 Å². The van der Waals surface area contributed by atoms with Gasteiger partial charge < -0.3 is 15.0 Å². The van der Waals surface area contributed by atoms with Gasteiger partial charge in [-0.2, -0.15) is 0 Å². The van der Waals surface area contributed by atoms with E-state index in [-0.39, 0.29) is 5.78 Å². The van der Waals surface area contributed by atoms with E-state index in [4.69, 9.17) is 4.74 Å². The summed E-state index contributed by atoms with van der Waals surface area (Å²) in [7, 11) is 2.15. The summed E-state index contributed by atoms with van der Waals surface area (Å²) < 4.78 is 5.75.